The fraction of sp³-hybridized carbons (Fsp3) is 0.208. The normalized spacial score (nSPS) is 16.5. The van der Waals surface area contributed by atoms with Crippen molar-refractivity contribution in [2.45, 2.75) is 31.2 Å². The van der Waals surface area contributed by atoms with E-state index >= 15 is 0 Å². The van der Waals surface area contributed by atoms with E-state index in [2.05, 4.69) is 9.82 Å². The molecule has 1 aliphatic rings. The number of hydrogen-bond acceptors (Lipinski definition) is 5. The molecule has 1 aliphatic heterocycles. The van der Waals surface area contributed by atoms with Gasteiger partial charge in [0.15, 0.2) is 0 Å². The predicted molar refractivity (Wildman–Crippen MR) is 130 cm³/mol. The predicted octanol–water partition coefficient (Wildman–Crippen LogP) is 4.30. The zero-order chi connectivity index (χ0) is 23.6. The Morgan fingerprint density at radius 3 is 2.15 bits per heavy atom. The maximum atomic E-state index is 13.5. The Labute approximate surface area is 194 Å². The quantitative estimate of drug-likeness (QED) is 0.542. The van der Waals surface area contributed by atoms with Crippen LogP contribution in [0.1, 0.15) is 36.1 Å². The summed E-state index contributed by atoms with van der Waals surface area (Å²) in [7, 11) is -7.25. The summed E-state index contributed by atoms with van der Waals surface area (Å²) in [6, 6.07) is 22.4. The van der Waals surface area contributed by atoms with Crippen molar-refractivity contribution in [3.63, 3.8) is 0 Å². The van der Waals surface area contributed by atoms with E-state index < -0.39 is 26.1 Å². The molecule has 0 amide bonds. The first-order chi connectivity index (χ1) is 15.7. The molecule has 1 N–H and O–H groups in total. The van der Waals surface area contributed by atoms with Gasteiger partial charge in [0, 0.05) is 12.1 Å². The number of rotatable bonds is 7. The largest absolute Gasteiger partial charge is 0.284 e. The first-order valence-corrected chi connectivity index (χ1v) is 13.6. The molecule has 9 heteroatoms. The molecule has 3 aromatic carbocycles. The molecule has 1 heterocycles. The summed E-state index contributed by atoms with van der Waals surface area (Å²) in [5, 5.41) is 4.53. The van der Waals surface area contributed by atoms with Crippen molar-refractivity contribution in [2.24, 2.45) is 5.10 Å². The summed E-state index contributed by atoms with van der Waals surface area (Å²) in [4.78, 5) is 0.184. The van der Waals surface area contributed by atoms with Crippen LogP contribution < -0.4 is 4.72 Å². The minimum atomic E-state index is -3.88. The Balaban J connectivity index is 1.70. The van der Waals surface area contributed by atoms with E-state index in [-0.39, 0.29) is 10.6 Å². The van der Waals surface area contributed by atoms with Gasteiger partial charge in [-0.05, 0) is 49.2 Å². The molecule has 0 radical (unpaired) electrons. The lowest BCUT2D eigenvalue weighted by Crippen LogP contribution is -2.27. The zero-order valence-electron chi connectivity index (χ0n) is 18.3. The van der Waals surface area contributed by atoms with Crippen molar-refractivity contribution in [3.05, 3.63) is 95.6 Å². The van der Waals surface area contributed by atoms with E-state index in [4.69, 9.17) is 0 Å². The summed E-state index contributed by atoms with van der Waals surface area (Å²) < 4.78 is 54.3. The van der Waals surface area contributed by atoms with Crippen LogP contribution in [-0.2, 0) is 20.0 Å². The van der Waals surface area contributed by atoms with Gasteiger partial charge in [-0.2, -0.15) is 17.9 Å². The van der Waals surface area contributed by atoms with Crippen LogP contribution in [0.25, 0.3) is 0 Å². The summed E-state index contributed by atoms with van der Waals surface area (Å²) >= 11 is 0. The third-order valence-electron chi connectivity index (χ3n) is 5.49. The van der Waals surface area contributed by atoms with Gasteiger partial charge in [-0.1, -0.05) is 60.2 Å². The molecule has 33 heavy (non-hydrogen) atoms. The van der Waals surface area contributed by atoms with Crippen LogP contribution >= 0.6 is 0 Å². The minimum Gasteiger partial charge on any atom is -0.284 e. The Bertz CT molecular complexity index is 1370. The van der Waals surface area contributed by atoms with Crippen molar-refractivity contribution in [3.8, 4) is 0 Å². The lowest BCUT2D eigenvalue weighted by Gasteiger charge is -2.23. The van der Waals surface area contributed by atoms with E-state index in [1.807, 2.05) is 37.3 Å². The van der Waals surface area contributed by atoms with E-state index in [0.29, 0.717) is 17.8 Å². The SMILES string of the molecule is CCS(=O)(=O)Nc1ccc(C2=NN(S(=O)(=O)c3ccc(C)cc3)[C@H](c3ccccc3)C2)cc1. The number of hydrazone groups is 1. The lowest BCUT2D eigenvalue weighted by molar-refractivity contribution is 0.371. The van der Waals surface area contributed by atoms with Crippen molar-refractivity contribution in [1.82, 2.24) is 4.41 Å². The fourth-order valence-corrected chi connectivity index (χ4v) is 5.68. The lowest BCUT2D eigenvalue weighted by atomic mass is 9.99. The van der Waals surface area contributed by atoms with Crippen LogP contribution in [0, 0.1) is 6.92 Å². The Morgan fingerprint density at radius 2 is 1.55 bits per heavy atom. The molecule has 0 saturated heterocycles. The topological polar surface area (TPSA) is 95.9 Å². The minimum absolute atomic E-state index is 0.0218. The number of nitrogens with zero attached hydrogens (tertiary/aromatic N) is 2. The highest BCUT2D eigenvalue weighted by Gasteiger charge is 2.37. The monoisotopic (exact) mass is 483 g/mol. The first kappa shape index (κ1) is 23.0. The van der Waals surface area contributed by atoms with Crippen molar-refractivity contribution >= 4 is 31.4 Å². The third kappa shape index (κ3) is 4.94. The van der Waals surface area contributed by atoms with Gasteiger partial charge in [-0.25, -0.2) is 8.42 Å². The number of sulfonamides is 2. The summed E-state index contributed by atoms with van der Waals surface area (Å²) in [5.41, 5.74) is 3.61. The van der Waals surface area contributed by atoms with Gasteiger partial charge < -0.3 is 0 Å². The summed E-state index contributed by atoms with van der Waals surface area (Å²) in [6.07, 6.45) is 0.398. The number of aryl methyl sites for hydroxylation is 1. The van der Waals surface area contributed by atoms with Gasteiger partial charge >= 0.3 is 0 Å². The standard InChI is InChI=1S/C24H25N3O4S2/c1-3-32(28,29)26-21-13-11-19(12-14-21)23-17-24(20-7-5-4-6-8-20)27(25-23)33(30,31)22-15-9-18(2)10-16-22/h4-16,24,26H,3,17H2,1-2H3/t24-/m0/s1. The number of nitrogens with one attached hydrogen (secondary N) is 1. The Morgan fingerprint density at radius 1 is 0.909 bits per heavy atom. The highest BCUT2D eigenvalue weighted by atomic mass is 32.2. The van der Waals surface area contributed by atoms with Gasteiger partial charge in [0.25, 0.3) is 10.0 Å². The van der Waals surface area contributed by atoms with Crippen molar-refractivity contribution in [1.29, 1.82) is 0 Å². The van der Waals surface area contributed by atoms with Gasteiger partial charge in [-0.3, -0.25) is 4.72 Å². The molecule has 4 rings (SSSR count). The second kappa shape index (κ2) is 8.99. The van der Waals surface area contributed by atoms with E-state index in [1.165, 1.54) is 4.41 Å². The third-order valence-corrected chi connectivity index (χ3v) is 8.50. The van der Waals surface area contributed by atoms with Crippen LogP contribution in [0.2, 0.25) is 0 Å². The molecule has 7 nitrogen and oxygen atoms in total. The molecule has 0 aromatic heterocycles. The van der Waals surface area contributed by atoms with Gasteiger partial charge in [-0.15, -0.1) is 0 Å². The molecule has 0 saturated carbocycles. The van der Waals surface area contributed by atoms with Gasteiger partial charge in [0.1, 0.15) is 0 Å². The molecular weight excluding hydrogens is 458 g/mol. The van der Waals surface area contributed by atoms with Crippen LogP contribution in [-0.4, -0.2) is 32.7 Å². The van der Waals surface area contributed by atoms with Crippen LogP contribution in [0.3, 0.4) is 0 Å². The zero-order valence-corrected chi connectivity index (χ0v) is 20.0. The highest BCUT2D eigenvalue weighted by molar-refractivity contribution is 7.92. The smallest absolute Gasteiger partial charge is 0.279 e. The van der Waals surface area contributed by atoms with Crippen LogP contribution in [0.15, 0.2) is 88.9 Å². The van der Waals surface area contributed by atoms with Crippen LogP contribution in [0.5, 0.6) is 0 Å². The fourth-order valence-electron chi connectivity index (χ4n) is 3.61. The highest BCUT2D eigenvalue weighted by Crippen LogP contribution is 2.37. The maximum absolute atomic E-state index is 13.5. The number of anilines is 1. The van der Waals surface area contributed by atoms with Crippen molar-refractivity contribution < 1.29 is 16.8 Å². The Hall–Kier alpha value is -3.17. The van der Waals surface area contributed by atoms with Crippen molar-refractivity contribution in [2.75, 3.05) is 10.5 Å². The molecule has 0 bridgehead atoms. The molecule has 3 aromatic rings. The average molecular weight is 484 g/mol. The average Bonchev–Trinajstić information content (AvgIpc) is 3.27. The molecule has 0 unspecified atom stereocenters. The summed E-state index contributed by atoms with van der Waals surface area (Å²) in [5.74, 6) is -0.0218. The van der Waals surface area contributed by atoms with Crippen LogP contribution in [0.4, 0.5) is 5.69 Å². The molecule has 1 atom stereocenters. The van der Waals surface area contributed by atoms with Gasteiger partial charge in [0.05, 0.1) is 22.4 Å². The van der Waals surface area contributed by atoms with E-state index in [0.717, 1.165) is 16.7 Å². The number of benzene rings is 3. The summed E-state index contributed by atoms with van der Waals surface area (Å²) in [6.45, 7) is 3.47. The van der Waals surface area contributed by atoms with Gasteiger partial charge in [0.2, 0.25) is 10.0 Å². The Kier molecular flexibility index (Phi) is 6.27. The molecule has 0 aliphatic carbocycles. The molecule has 0 spiro atoms. The van der Waals surface area contributed by atoms with E-state index in [1.54, 1.807) is 55.5 Å². The second-order valence-corrected chi connectivity index (χ2v) is 11.7. The van der Waals surface area contributed by atoms with E-state index in [9.17, 15) is 16.8 Å². The second-order valence-electron chi connectivity index (χ2n) is 7.85. The maximum Gasteiger partial charge on any atom is 0.279 e. The molecule has 172 valence electrons. The number of hydrogen-bond donors (Lipinski definition) is 1. The molecule has 0 fully saturated rings. The molecular formula is C24H25N3O4S2. The first-order valence-electron chi connectivity index (χ1n) is 10.5.